The molecule has 2 N–H and O–H groups in total. The predicted molar refractivity (Wildman–Crippen MR) is 129 cm³/mol. The van der Waals surface area contributed by atoms with Crippen LogP contribution in [0.5, 0.6) is 0 Å². The Hall–Kier alpha value is -3.45. The van der Waals surface area contributed by atoms with E-state index in [1.54, 1.807) is 13.0 Å². The average molecular weight is 461 g/mol. The quantitative estimate of drug-likeness (QED) is 0.303. The van der Waals surface area contributed by atoms with Crippen LogP contribution in [-0.4, -0.2) is 18.5 Å². The van der Waals surface area contributed by atoms with Crippen LogP contribution in [0.4, 0.5) is 5.00 Å². The van der Waals surface area contributed by atoms with Crippen LogP contribution in [0.2, 0.25) is 0 Å². The standard InChI is InChI=1S/C26H24N2O4S/c1-3-31-26(30)22-17-10-8-14(2)12-21(17)33-25(22)28-24(29)19-13-18-16-7-5-4-6-15(16)9-11-20(18)32-23(19)27/h4-7,9,11,13-14,27H,3,8,10,12H2,1-2H3,(H,28,29). The molecule has 0 aliphatic heterocycles. The van der Waals surface area contributed by atoms with E-state index in [4.69, 9.17) is 14.6 Å². The molecule has 0 fully saturated rings. The zero-order chi connectivity index (χ0) is 23.1. The van der Waals surface area contributed by atoms with Gasteiger partial charge in [-0.25, -0.2) is 4.79 Å². The number of ether oxygens (including phenoxy) is 1. The maximum Gasteiger partial charge on any atom is 0.341 e. The number of amides is 1. The normalized spacial score (nSPS) is 15.4. The van der Waals surface area contributed by atoms with E-state index in [2.05, 4.69) is 12.2 Å². The molecule has 0 saturated heterocycles. The molecular weight excluding hydrogens is 436 g/mol. The van der Waals surface area contributed by atoms with Gasteiger partial charge in [0.1, 0.15) is 16.1 Å². The fourth-order valence-electron chi connectivity index (χ4n) is 4.49. The van der Waals surface area contributed by atoms with Gasteiger partial charge in [-0.15, -0.1) is 11.3 Å². The maximum atomic E-state index is 13.3. The zero-order valence-electron chi connectivity index (χ0n) is 18.5. The molecule has 4 aromatic rings. The van der Waals surface area contributed by atoms with Crippen LogP contribution in [0.25, 0.3) is 21.7 Å². The number of rotatable bonds is 4. The smallest absolute Gasteiger partial charge is 0.341 e. The summed E-state index contributed by atoms with van der Waals surface area (Å²) in [5.41, 5.74) is 1.87. The first-order chi connectivity index (χ1) is 16.0. The van der Waals surface area contributed by atoms with E-state index in [-0.39, 0.29) is 17.7 Å². The van der Waals surface area contributed by atoms with Crippen molar-refractivity contribution in [2.75, 3.05) is 11.9 Å². The van der Waals surface area contributed by atoms with Gasteiger partial charge in [-0.05, 0) is 60.6 Å². The third-order valence-corrected chi connectivity index (χ3v) is 7.31. The SMILES string of the molecule is CCOC(=O)c1c(NC(=O)c2cc3c(ccc4ccccc43)oc2=N)sc2c1CCC(C)C2. The van der Waals surface area contributed by atoms with Gasteiger partial charge in [0.2, 0.25) is 5.55 Å². The van der Waals surface area contributed by atoms with Crippen molar-refractivity contribution in [1.82, 2.24) is 0 Å². The highest BCUT2D eigenvalue weighted by atomic mass is 32.1. The van der Waals surface area contributed by atoms with Crippen molar-refractivity contribution in [3.63, 3.8) is 0 Å². The lowest BCUT2D eigenvalue weighted by Gasteiger charge is -2.18. The van der Waals surface area contributed by atoms with Crippen LogP contribution in [0.1, 0.15) is 51.4 Å². The molecule has 0 spiro atoms. The van der Waals surface area contributed by atoms with Crippen molar-refractivity contribution in [3.05, 3.63) is 69.6 Å². The number of nitrogens with one attached hydrogen (secondary N) is 2. The number of fused-ring (bicyclic) bond motifs is 4. The lowest BCUT2D eigenvalue weighted by molar-refractivity contribution is 0.0526. The topological polar surface area (TPSA) is 92.4 Å². The number of esters is 1. The van der Waals surface area contributed by atoms with Gasteiger partial charge in [-0.2, -0.15) is 0 Å². The van der Waals surface area contributed by atoms with Crippen molar-refractivity contribution < 1.29 is 18.7 Å². The van der Waals surface area contributed by atoms with E-state index in [0.29, 0.717) is 22.1 Å². The molecule has 1 amide bonds. The molecule has 1 aliphatic rings. The number of benzene rings is 2. The molecule has 0 radical (unpaired) electrons. The molecule has 2 aromatic carbocycles. The number of thiophene rings is 1. The molecule has 1 atom stereocenters. The Labute approximate surface area is 194 Å². The van der Waals surface area contributed by atoms with Gasteiger partial charge in [-0.1, -0.05) is 37.3 Å². The minimum Gasteiger partial charge on any atom is -0.462 e. The summed E-state index contributed by atoms with van der Waals surface area (Å²) in [6.07, 6.45) is 2.66. The summed E-state index contributed by atoms with van der Waals surface area (Å²) in [7, 11) is 0. The average Bonchev–Trinajstić information content (AvgIpc) is 3.15. The number of hydrogen-bond donors (Lipinski definition) is 2. The minimum atomic E-state index is -0.476. The minimum absolute atomic E-state index is 0.119. The first kappa shape index (κ1) is 21.4. The summed E-state index contributed by atoms with van der Waals surface area (Å²) >= 11 is 1.43. The van der Waals surface area contributed by atoms with Crippen LogP contribution in [-0.2, 0) is 17.6 Å². The van der Waals surface area contributed by atoms with E-state index >= 15 is 0 Å². The lowest BCUT2D eigenvalue weighted by Crippen LogP contribution is -2.22. The van der Waals surface area contributed by atoms with Gasteiger partial charge in [0.25, 0.3) is 5.91 Å². The fourth-order valence-corrected chi connectivity index (χ4v) is 5.88. The van der Waals surface area contributed by atoms with Crippen molar-refractivity contribution >= 4 is 50.0 Å². The highest BCUT2D eigenvalue weighted by molar-refractivity contribution is 7.17. The van der Waals surface area contributed by atoms with Crippen LogP contribution in [0.3, 0.4) is 0 Å². The molecule has 5 rings (SSSR count). The van der Waals surface area contributed by atoms with Gasteiger partial charge in [-0.3, -0.25) is 10.2 Å². The van der Waals surface area contributed by atoms with Gasteiger partial charge in [0.05, 0.1) is 12.2 Å². The summed E-state index contributed by atoms with van der Waals surface area (Å²) in [6.45, 7) is 4.23. The van der Waals surface area contributed by atoms with Crippen molar-refractivity contribution in [2.24, 2.45) is 5.92 Å². The molecule has 1 aliphatic carbocycles. The van der Waals surface area contributed by atoms with E-state index in [1.807, 2.05) is 36.4 Å². The lowest BCUT2D eigenvalue weighted by atomic mass is 9.88. The second-order valence-corrected chi connectivity index (χ2v) is 9.52. The van der Waals surface area contributed by atoms with Crippen LogP contribution >= 0.6 is 11.3 Å². The van der Waals surface area contributed by atoms with Crippen LogP contribution < -0.4 is 10.9 Å². The fraction of sp³-hybridized carbons (Fsp3) is 0.269. The summed E-state index contributed by atoms with van der Waals surface area (Å²) in [5.74, 6) is -0.363. The molecule has 0 saturated carbocycles. The zero-order valence-corrected chi connectivity index (χ0v) is 19.3. The second-order valence-electron chi connectivity index (χ2n) is 8.42. The number of carbonyl (C=O) groups is 2. The number of hydrogen-bond acceptors (Lipinski definition) is 6. The third kappa shape index (κ3) is 3.82. The van der Waals surface area contributed by atoms with Crippen molar-refractivity contribution in [1.29, 1.82) is 5.41 Å². The predicted octanol–water partition coefficient (Wildman–Crippen LogP) is 5.68. The largest absolute Gasteiger partial charge is 0.462 e. The molecule has 0 bridgehead atoms. The Bertz CT molecular complexity index is 1470. The van der Waals surface area contributed by atoms with Crippen LogP contribution in [0.15, 0.2) is 46.9 Å². The van der Waals surface area contributed by atoms with Gasteiger partial charge in [0.15, 0.2) is 0 Å². The monoisotopic (exact) mass is 460 g/mol. The van der Waals surface area contributed by atoms with Gasteiger partial charge in [0, 0.05) is 10.3 Å². The molecule has 6 nitrogen and oxygen atoms in total. The van der Waals surface area contributed by atoms with E-state index < -0.39 is 11.9 Å². The summed E-state index contributed by atoms with van der Waals surface area (Å²) < 4.78 is 11.0. The molecule has 2 aromatic heterocycles. The van der Waals surface area contributed by atoms with E-state index in [9.17, 15) is 9.59 Å². The Morgan fingerprint density at radius 3 is 2.85 bits per heavy atom. The molecular formula is C26H24N2O4S. The molecule has 1 unspecified atom stereocenters. The Morgan fingerprint density at radius 1 is 1.21 bits per heavy atom. The molecule has 7 heteroatoms. The van der Waals surface area contributed by atoms with Gasteiger partial charge >= 0.3 is 5.97 Å². The number of anilines is 1. The third-order valence-electron chi connectivity index (χ3n) is 6.14. The van der Waals surface area contributed by atoms with Crippen molar-refractivity contribution in [2.45, 2.75) is 33.1 Å². The summed E-state index contributed by atoms with van der Waals surface area (Å²) in [4.78, 5) is 27.2. The highest BCUT2D eigenvalue weighted by Crippen LogP contribution is 2.40. The molecule has 168 valence electrons. The second kappa shape index (κ2) is 8.48. The Morgan fingerprint density at radius 2 is 2.03 bits per heavy atom. The summed E-state index contributed by atoms with van der Waals surface area (Å²) in [5, 5.41) is 14.4. The van der Waals surface area contributed by atoms with Gasteiger partial charge < -0.3 is 14.5 Å². The number of carbonyl (C=O) groups excluding carboxylic acids is 2. The summed E-state index contributed by atoms with van der Waals surface area (Å²) in [6, 6.07) is 13.3. The highest BCUT2D eigenvalue weighted by Gasteiger charge is 2.29. The molecule has 33 heavy (non-hydrogen) atoms. The van der Waals surface area contributed by atoms with Crippen LogP contribution in [0, 0.1) is 11.3 Å². The molecule has 2 heterocycles. The maximum absolute atomic E-state index is 13.3. The first-order valence-electron chi connectivity index (χ1n) is 11.1. The van der Waals surface area contributed by atoms with E-state index in [1.165, 1.54) is 11.3 Å². The Kier molecular flexibility index (Phi) is 5.50. The van der Waals surface area contributed by atoms with Crippen molar-refractivity contribution in [3.8, 4) is 0 Å². The Balaban J connectivity index is 1.57. The van der Waals surface area contributed by atoms with E-state index in [0.717, 1.165) is 45.9 Å². The first-order valence-corrected chi connectivity index (χ1v) is 11.9.